The fourth-order valence-corrected chi connectivity index (χ4v) is 2.51. The molecular weight excluding hydrogens is 238 g/mol. The lowest BCUT2D eigenvalue weighted by molar-refractivity contribution is -0.00545. The third-order valence-corrected chi connectivity index (χ3v) is 3.30. The number of halogens is 1. The Morgan fingerprint density at radius 3 is 2.71 bits per heavy atom. The van der Waals surface area contributed by atoms with Crippen LogP contribution in [0.25, 0.3) is 0 Å². The fourth-order valence-electron chi connectivity index (χ4n) is 2.20. The van der Waals surface area contributed by atoms with Gasteiger partial charge in [0, 0.05) is 25.8 Å². The maximum Gasteiger partial charge on any atom is 0.147 e. The van der Waals surface area contributed by atoms with Crippen molar-refractivity contribution in [2.45, 2.75) is 32.6 Å². The van der Waals surface area contributed by atoms with Gasteiger partial charge in [0.05, 0.1) is 17.2 Å². The van der Waals surface area contributed by atoms with Crippen molar-refractivity contribution >= 4 is 17.4 Å². The third-order valence-electron chi connectivity index (χ3n) is 2.89. The summed E-state index contributed by atoms with van der Waals surface area (Å²) >= 11 is 6.31. The quantitative estimate of drug-likeness (QED) is 0.876. The molecule has 1 aliphatic rings. The second-order valence-corrected chi connectivity index (χ2v) is 4.85. The molecule has 0 unspecified atom stereocenters. The minimum atomic E-state index is 0.193. The molecule has 2 rings (SSSR count). The van der Waals surface area contributed by atoms with E-state index in [9.17, 15) is 0 Å². The van der Waals surface area contributed by atoms with E-state index in [0.717, 1.165) is 24.5 Å². The minimum Gasteiger partial charge on any atom is -0.372 e. The summed E-state index contributed by atoms with van der Waals surface area (Å²) in [6.07, 6.45) is 2.14. The van der Waals surface area contributed by atoms with Crippen molar-refractivity contribution in [1.29, 1.82) is 0 Å². The zero-order valence-electron chi connectivity index (χ0n) is 10.2. The summed E-state index contributed by atoms with van der Waals surface area (Å²) in [5.74, 6) is 0.816. The predicted octanol–water partition coefficient (Wildman–Crippen LogP) is 1.81. The van der Waals surface area contributed by atoms with Crippen LogP contribution in [0.1, 0.15) is 19.4 Å². The Balaban J connectivity index is 2.27. The summed E-state index contributed by atoms with van der Waals surface area (Å²) in [6, 6.07) is 1.86. The molecule has 1 aromatic rings. The summed E-state index contributed by atoms with van der Waals surface area (Å²) in [4.78, 5) is 6.53. The second-order valence-electron chi connectivity index (χ2n) is 4.47. The number of hydrogen-bond donors (Lipinski definition) is 1. The van der Waals surface area contributed by atoms with Gasteiger partial charge in [-0.15, -0.1) is 0 Å². The van der Waals surface area contributed by atoms with Gasteiger partial charge in [0.25, 0.3) is 0 Å². The van der Waals surface area contributed by atoms with Gasteiger partial charge >= 0.3 is 0 Å². The smallest absolute Gasteiger partial charge is 0.147 e. The largest absolute Gasteiger partial charge is 0.372 e. The third kappa shape index (κ3) is 2.70. The molecule has 1 aromatic heterocycles. The average Bonchev–Trinajstić information content (AvgIpc) is 2.28. The molecule has 1 aliphatic heterocycles. The fraction of sp³-hybridized carbons (Fsp3) is 0.583. The van der Waals surface area contributed by atoms with Crippen molar-refractivity contribution in [3.8, 4) is 0 Å². The maximum absolute atomic E-state index is 6.31. The molecule has 0 aliphatic carbocycles. The topological polar surface area (TPSA) is 51.4 Å². The monoisotopic (exact) mass is 255 g/mol. The molecule has 0 radical (unpaired) electrons. The molecule has 2 heterocycles. The van der Waals surface area contributed by atoms with Gasteiger partial charge in [0.15, 0.2) is 0 Å². The SMILES string of the molecule is C[C@@H]1CN(c2nccc(CN)c2Cl)C[C@H](C)O1. The van der Waals surface area contributed by atoms with E-state index in [1.807, 2.05) is 6.07 Å². The highest BCUT2D eigenvalue weighted by molar-refractivity contribution is 6.33. The Kier molecular flexibility index (Phi) is 3.86. The zero-order chi connectivity index (χ0) is 12.4. The van der Waals surface area contributed by atoms with Gasteiger partial charge in [-0.3, -0.25) is 0 Å². The number of nitrogens with zero attached hydrogens (tertiary/aromatic N) is 2. The molecular formula is C12H18ClN3O. The van der Waals surface area contributed by atoms with E-state index in [4.69, 9.17) is 22.1 Å². The summed E-state index contributed by atoms with van der Waals surface area (Å²) < 4.78 is 5.70. The summed E-state index contributed by atoms with van der Waals surface area (Å²) in [5, 5.41) is 0.663. The molecule has 2 atom stereocenters. The molecule has 0 amide bonds. The van der Waals surface area contributed by atoms with Crippen molar-refractivity contribution in [2.75, 3.05) is 18.0 Å². The highest BCUT2D eigenvalue weighted by Gasteiger charge is 2.25. The number of aromatic nitrogens is 1. The van der Waals surface area contributed by atoms with E-state index >= 15 is 0 Å². The Morgan fingerprint density at radius 1 is 1.47 bits per heavy atom. The number of nitrogens with two attached hydrogens (primary N) is 1. The van der Waals surface area contributed by atoms with Gasteiger partial charge in [-0.1, -0.05) is 11.6 Å². The van der Waals surface area contributed by atoms with Crippen molar-refractivity contribution in [3.05, 3.63) is 22.8 Å². The molecule has 0 spiro atoms. The molecule has 0 saturated carbocycles. The van der Waals surface area contributed by atoms with Crippen LogP contribution in [0.15, 0.2) is 12.3 Å². The number of morpholine rings is 1. The zero-order valence-corrected chi connectivity index (χ0v) is 10.9. The van der Waals surface area contributed by atoms with Gasteiger partial charge in [-0.2, -0.15) is 0 Å². The highest BCUT2D eigenvalue weighted by atomic mass is 35.5. The standard InChI is InChI=1S/C12H18ClN3O/c1-8-6-16(7-9(2)17-8)12-11(13)10(5-14)3-4-15-12/h3-4,8-9H,5-7,14H2,1-2H3/t8-,9+. The lowest BCUT2D eigenvalue weighted by Crippen LogP contribution is -2.46. The molecule has 17 heavy (non-hydrogen) atoms. The molecule has 1 saturated heterocycles. The van der Waals surface area contributed by atoms with Gasteiger partial charge in [0.1, 0.15) is 5.82 Å². The molecule has 0 aromatic carbocycles. The summed E-state index contributed by atoms with van der Waals surface area (Å²) in [6.45, 7) is 6.17. The second kappa shape index (κ2) is 5.21. The molecule has 4 nitrogen and oxygen atoms in total. The van der Waals surface area contributed by atoms with E-state index in [1.54, 1.807) is 6.20 Å². The van der Waals surface area contributed by atoms with Crippen LogP contribution in [0.4, 0.5) is 5.82 Å². The van der Waals surface area contributed by atoms with Crippen molar-refractivity contribution < 1.29 is 4.74 Å². The van der Waals surface area contributed by atoms with Crippen LogP contribution in [-0.2, 0) is 11.3 Å². The number of pyridine rings is 1. The van der Waals surface area contributed by atoms with E-state index < -0.39 is 0 Å². The number of anilines is 1. The number of ether oxygens (including phenoxy) is 1. The van der Waals surface area contributed by atoms with E-state index in [-0.39, 0.29) is 12.2 Å². The Bertz CT molecular complexity index is 389. The predicted molar refractivity (Wildman–Crippen MR) is 69.4 cm³/mol. The molecule has 1 fully saturated rings. The molecule has 0 bridgehead atoms. The first-order valence-corrected chi connectivity index (χ1v) is 6.23. The summed E-state index contributed by atoms with van der Waals surface area (Å²) in [7, 11) is 0. The van der Waals surface area contributed by atoms with Crippen LogP contribution < -0.4 is 10.6 Å². The van der Waals surface area contributed by atoms with Crippen molar-refractivity contribution in [2.24, 2.45) is 5.73 Å². The van der Waals surface area contributed by atoms with Crippen LogP contribution in [0.5, 0.6) is 0 Å². The van der Waals surface area contributed by atoms with Crippen molar-refractivity contribution in [1.82, 2.24) is 4.98 Å². The first-order chi connectivity index (χ1) is 8.11. The number of rotatable bonds is 2. The lowest BCUT2D eigenvalue weighted by Gasteiger charge is -2.36. The van der Waals surface area contributed by atoms with Crippen LogP contribution in [0.2, 0.25) is 5.02 Å². The average molecular weight is 256 g/mol. The van der Waals surface area contributed by atoms with Gasteiger partial charge in [-0.25, -0.2) is 4.98 Å². The van der Waals surface area contributed by atoms with E-state index in [2.05, 4.69) is 23.7 Å². The number of hydrogen-bond acceptors (Lipinski definition) is 4. The Labute approximate surface area is 107 Å². The first kappa shape index (κ1) is 12.6. The molecule has 5 heteroatoms. The minimum absolute atomic E-state index is 0.193. The van der Waals surface area contributed by atoms with Crippen LogP contribution in [0, 0.1) is 0 Å². The van der Waals surface area contributed by atoms with E-state index in [0.29, 0.717) is 11.6 Å². The van der Waals surface area contributed by atoms with Crippen molar-refractivity contribution in [3.63, 3.8) is 0 Å². The normalized spacial score (nSPS) is 25.1. The van der Waals surface area contributed by atoms with Gasteiger partial charge in [-0.05, 0) is 25.5 Å². The van der Waals surface area contributed by atoms with Crippen LogP contribution in [-0.4, -0.2) is 30.3 Å². The van der Waals surface area contributed by atoms with Crippen LogP contribution in [0.3, 0.4) is 0 Å². The highest BCUT2D eigenvalue weighted by Crippen LogP contribution is 2.28. The summed E-state index contributed by atoms with van der Waals surface area (Å²) in [5.41, 5.74) is 6.58. The van der Waals surface area contributed by atoms with Crippen LogP contribution >= 0.6 is 11.6 Å². The van der Waals surface area contributed by atoms with E-state index in [1.165, 1.54) is 0 Å². The van der Waals surface area contributed by atoms with Gasteiger partial charge in [0.2, 0.25) is 0 Å². The molecule has 94 valence electrons. The first-order valence-electron chi connectivity index (χ1n) is 5.85. The maximum atomic E-state index is 6.31. The Morgan fingerprint density at radius 2 is 2.12 bits per heavy atom. The van der Waals surface area contributed by atoms with Gasteiger partial charge < -0.3 is 15.4 Å². The molecule has 2 N–H and O–H groups in total. The Hall–Kier alpha value is -0.840. The lowest BCUT2D eigenvalue weighted by atomic mass is 10.2.